The van der Waals surface area contributed by atoms with Crippen LogP contribution in [-0.4, -0.2) is 4.98 Å². The second kappa shape index (κ2) is 5.42. The number of aromatic nitrogens is 1. The molecule has 4 rings (SSSR count). The van der Waals surface area contributed by atoms with E-state index in [4.69, 9.17) is 0 Å². The smallest absolute Gasteiger partial charge is 0.0719 e. The summed E-state index contributed by atoms with van der Waals surface area (Å²) in [5.74, 6) is 0. The van der Waals surface area contributed by atoms with Crippen molar-refractivity contribution < 1.29 is 0 Å². The minimum atomic E-state index is 0.128. The fourth-order valence-electron chi connectivity index (χ4n) is 3.16. The van der Waals surface area contributed by atoms with E-state index in [0.717, 1.165) is 5.69 Å². The first-order valence-electron chi connectivity index (χ1n) is 8.32. The van der Waals surface area contributed by atoms with Gasteiger partial charge >= 0.3 is 0 Å². The number of nitrogens with zero attached hydrogens (tertiary/aromatic N) is 1. The molecule has 0 bridgehead atoms. The van der Waals surface area contributed by atoms with Gasteiger partial charge in [-0.1, -0.05) is 50.6 Å². The van der Waals surface area contributed by atoms with E-state index in [2.05, 4.69) is 81.2 Å². The molecule has 2 heteroatoms. The molecule has 24 heavy (non-hydrogen) atoms. The van der Waals surface area contributed by atoms with Gasteiger partial charge in [-0.05, 0) is 42.2 Å². The van der Waals surface area contributed by atoms with Crippen molar-refractivity contribution in [1.82, 2.24) is 4.98 Å². The molecule has 2 aromatic heterocycles. The van der Waals surface area contributed by atoms with E-state index in [1.807, 2.05) is 17.5 Å². The van der Waals surface area contributed by atoms with Crippen LogP contribution in [-0.2, 0) is 5.41 Å². The van der Waals surface area contributed by atoms with E-state index in [1.165, 1.54) is 36.9 Å². The minimum absolute atomic E-state index is 0.128. The third kappa shape index (κ3) is 2.51. The molecule has 120 valence electrons. The summed E-state index contributed by atoms with van der Waals surface area (Å²) in [6, 6.07) is 17.6. The predicted octanol–water partition coefficient (Wildman–Crippen LogP) is 6.72. The summed E-state index contributed by atoms with van der Waals surface area (Å²) in [7, 11) is 0. The maximum absolute atomic E-state index is 4.67. The summed E-state index contributed by atoms with van der Waals surface area (Å²) >= 11 is 1.87. The van der Waals surface area contributed by atoms with Crippen LogP contribution in [0.1, 0.15) is 31.9 Å². The van der Waals surface area contributed by atoms with Crippen LogP contribution < -0.4 is 0 Å². The summed E-state index contributed by atoms with van der Waals surface area (Å²) in [6.07, 6.45) is 1.94. The van der Waals surface area contributed by atoms with Gasteiger partial charge in [0.05, 0.1) is 5.69 Å². The van der Waals surface area contributed by atoms with Gasteiger partial charge in [-0.2, -0.15) is 0 Å². The first kappa shape index (κ1) is 15.3. The fourth-order valence-corrected chi connectivity index (χ4v) is 4.36. The van der Waals surface area contributed by atoms with Gasteiger partial charge < -0.3 is 0 Å². The van der Waals surface area contributed by atoms with Crippen LogP contribution in [0.5, 0.6) is 0 Å². The summed E-state index contributed by atoms with van der Waals surface area (Å²) in [5.41, 5.74) is 5.05. The lowest BCUT2D eigenvalue weighted by Gasteiger charge is -2.19. The van der Waals surface area contributed by atoms with E-state index >= 15 is 0 Å². The highest BCUT2D eigenvalue weighted by Gasteiger charge is 2.16. The van der Waals surface area contributed by atoms with E-state index in [0.29, 0.717) is 0 Å². The number of pyridine rings is 1. The molecule has 0 saturated carbocycles. The molecule has 2 heterocycles. The normalized spacial score (nSPS) is 12.2. The van der Waals surface area contributed by atoms with E-state index < -0.39 is 0 Å². The Hall–Kier alpha value is -2.19. The van der Waals surface area contributed by atoms with Gasteiger partial charge in [-0.3, -0.25) is 4.98 Å². The van der Waals surface area contributed by atoms with Crippen molar-refractivity contribution in [2.75, 3.05) is 0 Å². The molecule has 0 atom stereocenters. The quantitative estimate of drug-likeness (QED) is 0.377. The van der Waals surface area contributed by atoms with Crippen molar-refractivity contribution in [3.05, 3.63) is 65.9 Å². The van der Waals surface area contributed by atoms with Gasteiger partial charge in [-0.15, -0.1) is 11.3 Å². The molecular weight excluding hydrogens is 310 g/mol. The van der Waals surface area contributed by atoms with Crippen molar-refractivity contribution in [2.45, 2.75) is 33.1 Å². The summed E-state index contributed by atoms with van der Waals surface area (Å²) in [5, 5.41) is 2.68. The molecule has 0 aliphatic rings. The molecular formula is C22H21NS. The number of hydrogen-bond donors (Lipinski definition) is 0. The molecule has 0 amide bonds. The molecule has 0 spiro atoms. The zero-order valence-electron chi connectivity index (χ0n) is 14.6. The van der Waals surface area contributed by atoms with E-state index in [-0.39, 0.29) is 5.41 Å². The highest BCUT2D eigenvalue weighted by Crippen LogP contribution is 2.40. The first-order valence-corrected chi connectivity index (χ1v) is 9.14. The van der Waals surface area contributed by atoms with E-state index in [1.54, 1.807) is 0 Å². The van der Waals surface area contributed by atoms with Crippen molar-refractivity contribution >= 4 is 31.5 Å². The Morgan fingerprint density at radius 3 is 2.54 bits per heavy atom. The first-order chi connectivity index (χ1) is 11.4. The predicted molar refractivity (Wildman–Crippen MR) is 106 cm³/mol. The van der Waals surface area contributed by atoms with Crippen LogP contribution in [0, 0.1) is 6.92 Å². The molecule has 0 N–H and O–H groups in total. The Labute approximate surface area is 147 Å². The number of aryl methyl sites for hydroxylation is 1. The fraction of sp³-hybridized carbons (Fsp3) is 0.227. The van der Waals surface area contributed by atoms with Crippen molar-refractivity contribution in [3.8, 4) is 11.3 Å². The number of thiophene rings is 1. The van der Waals surface area contributed by atoms with Gasteiger partial charge in [-0.25, -0.2) is 0 Å². The largest absolute Gasteiger partial charge is 0.256 e. The molecule has 2 aromatic carbocycles. The zero-order valence-corrected chi connectivity index (χ0v) is 15.4. The lowest BCUT2D eigenvalue weighted by atomic mass is 9.87. The minimum Gasteiger partial charge on any atom is -0.256 e. The third-order valence-corrected chi connectivity index (χ3v) is 5.77. The Bertz CT molecular complexity index is 1050. The molecule has 4 aromatic rings. The van der Waals surface area contributed by atoms with Crippen LogP contribution in [0.3, 0.4) is 0 Å². The summed E-state index contributed by atoms with van der Waals surface area (Å²) < 4.78 is 2.67. The third-order valence-electron chi connectivity index (χ3n) is 4.55. The Morgan fingerprint density at radius 1 is 0.917 bits per heavy atom. The van der Waals surface area contributed by atoms with Gasteiger partial charge in [0.15, 0.2) is 0 Å². The molecule has 1 nitrogen and oxygen atoms in total. The zero-order chi connectivity index (χ0) is 16.9. The van der Waals surface area contributed by atoms with Crippen LogP contribution in [0.15, 0.2) is 54.7 Å². The molecule has 0 aliphatic carbocycles. The van der Waals surface area contributed by atoms with Crippen LogP contribution in [0.2, 0.25) is 0 Å². The number of hydrogen-bond acceptors (Lipinski definition) is 2. The average Bonchev–Trinajstić information content (AvgIpc) is 2.92. The molecule has 0 saturated heterocycles. The number of fused-ring (bicyclic) bond motifs is 3. The second-order valence-corrected chi connectivity index (χ2v) is 8.52. The molecule has 0 fully saturated rings. The Morgan fingerprint density at radius 2 is 1.75 bits per heavy atom. The monoisotopic (exact) mass is 331 g/mol. The van der Waals surface area contributed by atoms with Gasteiger partial charge in [0.25, 0.3) is 0 Å². The van der Waals surface area contributed by atoms with Crippen LogP contribution in [0.4, 0.5) is 0 Å². The lowest BCUT2D eigenvalue weighted by Crippen LogP contribution is -2.11. The van der Waals surface area contributed by atoms with Crippen LogP contribution >= 0.6 is 11.3 Å². The Kier molecular flexibility index (Phi) is 3.47. The van der Waals surface area contributed by atoms with Crippen LogP contribution in [0.25, 0.3) is 31.4 Å². The number of benzene rings is 2. The number of rotatable bonds is 1. The molecule has 0 radical (unpaired) electrons. The van der Waals surface area contributed by atoms with E-state index in [9.17, 15) is 0 Å². The second-order valence-electron chi connectivity index (χ2n) is 7.46. The average molecular weight is 331 g/mol. The lowest BCUT2D eigenvalue weighted by molar-refractivity contribution is 0.589. The van der Waals surface area contributed by atoms with Gasteiger partial charge in [0, 0.05) is 31.9 Å². The maximum atomic E-state index is 4.67. The molecule has 0 aliphatic heterocycles. The SMILES string of the molecule is Cc1ccc2sc3c(-c4cc(C(C)(C)C)ccn4)cccc3c2c1. The molecule has 0 unspecified atom stereocenters. The Balaban J connectivity index is 1.99. The van der Waals surface area contributed by atoms with Crippen molar-refractivity contribution in [3.63, 3.8) is 0 Å². The van der Waals surface area contributed by atoms with Gasteiger partial charge in [0.1, 0.15) is 0 Å². The summed E-state index contributed by atoms with van der Waals surface area (Å²) in [6.45, 7) is 8.89. The topological polar surface area (TPSA) is 12.9 Å². The highest BCUT2D eigenvalue weighted by molar-refractivity contribution is 7.26. The van der Waals surface area contributed by atoms with Crippen molar-refractivity contribution in [2.24, 2.45) is 0 Å². The van der Waals surface area contributed by atoms with Gasteiger partial charge in [0.2, 0.25) is 0 Å². The standard InChI is InChI=1S/C22H21NS/c1-14-8-9-20-18(12-14)16-6-5-7-17(21(16)24-20)19-13-15(10-11-23-19)22(2,3)4/h5-13H,1-4H3. The summed E-state index contributed by atoms with van der Waals surface area (Å²) in [4.78, 5) is 4.67. The van der Waals surface area contributed by atoms with Crippen molar-refractivity contribution in [1.29, 1.82) is 0 Å². The maximum Gasteiger partial charge on any atom is 0.0719 e. The highest BCUT2D eigenvalue weighted by atomic mass is 32.1.